The fourth-order valence-electron chi connectivity index (χ4n) is 0.834. The molecule has 0 unspecified atom stereocenters. The van der Waals surface area contributed by atoms with Gasteiger partial charge in [0, 0.05) is 13.1 Å². The highest BCUT2D eigenvalue weighted by Crippen LogP contribution is 1.90. The number of nitrogens with two attached hydrogens (primary N) is 1. The Kier molecular flexibility index (Phi) is 7.72. The Labute approximate surface area is 92.6 Å². The average Bonchev–Trinajstić information content (AvgIpc) is 2.13. The summed E-state index contributed by atoms with van der Waals surface area (Å²) in [7, 11) is 0. The van der Waals surface area contributed by atoms with E-state index in [-0.39, 0.29) is 0 Å². The smallest absolute Gasteiger partial charge is 0.188 e. The maximum atomic E-state index is 5.63. The summed E-state index contributed by atoms with van der Waals surface area (Å²) in [4.78, 5) is 4.17. The van der Waals surface area contributed by atoms with Gasteiger partial charge in [0.1, 0.15) is 0 Å². The van der Waals surface area contributed by atoms with Crippen molar-refractivity contribution in [3.63, 3.8) is 0 Å². The zero-order valence-electron chi connectivity index (χ0n) is 10.0. The van der Waals surface area contributed by atoms with E-state index >= 15 is 0 Å². The molecule has 0 radical (unpaired) electrons. The van der Waals surface area contributed by atoms with Gasteiger partial charge in [-0.15, -0.1) is 0 Å². The SMILES string of the molecule is C=C(C)COCCNC(N)=NCC(C)C. The highest BCUT2D eigenvalue weighted by molar-refractivity contribution is 5.77. The first-order chi connectivity index (χ1) is 7.02. The first-order valence-electron chi connectivity index (χ1n) is 5.28. The van der Waals surface area contributed by atoms with Gasteiger partial charge in [0.15, 0.2) is 5.96 Å². The number of aliphatic imine (C=N–C) groups is 1. The topological polar surface area (TPSA) is 59.6 Å². The number of nitrogens with zero attached hydrogens (tertiary/aromatic N) is 1. The third-order valence-electron chi connectivity index (χ3n) is 1.53. The monoisotopic (exact) mass is 213 g/mol. The van der Waals surface area contributed by atoms with Crippen LogP contribution in [0.1, 0.15) is 20.8 Å². The minimum absolute atomic E-state index is 0.489. The zero-order valence-corrected chi connectivity index (χ0v) is 10.0. The number of hydrogen-bond donors (Lipinski definition) is 2. The molecule has 0 bridgehead atoms. The van der Waals surface area contributed by atoms with Crippen LogP contribution in [0.15, 0.2) is 17.1 Å². The molecule has 4 heteroatoms. The summed E-state index contributed by atoms with van der Waals surface area (Å²) in [5.41, 5.74) is 6.65. The van der Waals surface area contributed by atoms with Crippen LogP contribution in [0, 0.1) is 5.92 Å². The van der Waals surface area contributed by atoms with Gasteiger partial charge in [-0.3, -0.25) is 4.99 Å². The van der Waals surface area contributed by atoms with Crippen LogP contribution in [0.5, 0.6) is 0 Å². The van der Waals surface area contributed by atoms with E-state index in [2.05, 4.69) is 30.7 Å². The molecule has 0 aliphatic carbocycles. The molecule has 0 fully saturated rings. The molecule has 0 aromatic rings. The van der Waals surface area contributed by atoms with Gasteiger partial charge < -0.3 is 15.8 Å². The van der Waals surface area contributed by atoms with Crippen LogP contribution in [-0.2, 0) is 4.74 Å². The van der Waals surface area contributed by atoms with Gasteiger partial charge in [0.2, 0.25) is 0 Å². The zero-order chi connectivity index (χ0) is 11.7. The molecule has 15 heavy (non-hydrogen) atoms. The molecule has 0 aliphatic rings. The van der Waals surface area contributed by atoms with E-state index in [1.54, 1.807) is 0 Å². The molecule has 0 saturated carbocycles. The number of nitrogens with one attached hydrogen (secondary N) is 1. The average molecular weight is 213 g/mol. The predicted molar refractivity (Wildman–Crippen MR) is 65.0 cm³/mol. The van der Waals surface area contributed by atoms with Crippen LogP contribution in [0.4, 0.5) is 0 Å². The van der Waals surface area contributed by atoms with Crippen molar-refractivity contribution in [2.24, 2.45) is 16.6 Å². The second-order valence-electron chi connectivity index (χ2n) is 4.06. The van der Waals surface area contributed by atoms with Crippen molar-refractivity contribution in [3.8, 4) is 0 Å². The van der Waals surface area contributed by atoms with Crippen molar-refractivity contribution in [2.45, 2.75) is 20.8 Å². The third-order valence-corrected chi connectivity index (χ3v) is 1.53. The molecule has 3 N–H and O–H groups in total. The summed E-state index contributed by atoms with van der Waals surface area (Å²) in [5, 5.41) is 2.98. The lowest BCUT2D eigenvalue weighted by Crippen LogP contribution is -2.34. The molecule has 4 nitrogen and oxygen atoms in total. The van der Waals surface area contributed by atoms with Crippen molar-refractivity contribution in [1.29, 1.82) is 0 Å². The lowest BCUT2D eigenvalue weighted by Gasteiger charge is -2.07. The fourth-order valence-corrected chi connectivity index (χ4v) is 0.834. The maximum absolute atomic E-state index is 5.63. The largest absolute Gasteiger partial charge is 0.375 e. The molecule has 0 aromatic heterocycles. The van der Waals surface area contributed by atoms with Gasteiger partial charge in [-0.2, -0.15) is 0 Å². The lowest BCUT2D eigenvalue weighted by molar-refractivity contribution is 0.161. The molecule has 0 saturated heterocycles. The molecular formula is C11H23N3O. The van der Waals surface area contributed by atoms with Crippen molar-refractivity contribution >= 4 is 5.96 Å². The Hall–Kier alpha value is -1.03. The van der Waals surface area contributed by atoms with E-state index < -0.39 is 0 Å². The minimum atomic E-state index is 0.489. The summed E-state index contributed by atoms with van der Waals surface area (Å²) in [6.07, 6.45) is 0. The second kappa shape index (κ2) is 8.29. The van der Waals surface area contributed by atoms with Crippen LogP contribution < -0.4 is 11.1 Å². The molecule has 0 spiro atoms. The summed E-state index contributed by atoms with van der Waals surface area (Å²) < 4.78 is 5.30. The second-order valence-corrected chi connectivity index (χ2v) is 4.06. The van der Waals surface area contributed by atoms with E-state index in [1.807, 2.05) is 6.92 Å². The van der Waals surface area contributed by atoms with Crippen molar-refractivity contribution in [2.75, 3.05) is 26.3 Å². The normalized spacial score (nSPS) is 11.9. The first kappa shape index (κ1) is 14.0. The van der Waals surface area contributed by atoms with Gasteiger partial charge in [-0.25, -0.2) is 0 Å². The minimum Gasteiger partial charge on any atom is -0.375 e. The molecule has 88 valence electrons. The number of rotatable bonds is 7. The number of guanidine groups is 1. The van der Waals surface area contributed by atoms with E-state index in [1.165, 1.54) is 0 Å². The Bertz CT molecular complexity index is 212. The lowest BCUT2D eigenvalue weighted by atomic mass is 10.2. The Balaban J connectivity index is 3.42. The molecule has 0 aliphatic heterocycles. The Morgan fingerprint density at radius 2 is 2.20 bits per heavy atom. The van der Waals surface area contributed by atoms with Crippen LogP contribution in [0.2, 0.25) is 0 Å². The molecule has 0 heterocycles. The standard InChI is InChI=1S/C11H23N3O/c1-9(2)7-14-11(12)13-5-6-15-8-10(3)4/h9H,3,5-8H2,1-2,4H3,(H3,12,13,14). The molecule has 0 amide bonds. The Morgan fingerprint density at radius 1 is 1.53 bits per heavy atom. The molecule has 0 atom stereocenters. The number of hydrogen-bond acceptors (Lipinski definition) is 2. The third kappa shape index (κ3) is 10.9. The molecule has 0 aromatic carbocycles. The van der Waals surface area contributed by atoms with Crippen molar-refractivity contribution in [3.05, 3.63) is 12.2 Å². The van der Waals surface area contributed by atoms with E-state index in [4.69, 9.17) is 10.5 Å². The Morgan fingerprint density at radius 3 is 2.73 bits per heavy atom. The fraction of sp³-hybridized carbons (Fsp3) is 0.727. The first-order valence-corrected chi connectivity index (χ1v) is 5.28. The number of ether oxygens (including phenoxy) is 1. The van der Waals surface area contributed by atoms with Crippen molar-refractivity contribution < 1.29 is 4.74 Å². The van der Waals surface area contributed by atoms with Crippen LogP contribution in [0.25, 0.3) is 0 Å². The summed E-state index contributed by atoms with van der Waals surface area (Å²) in [5.74, 6) is 1.02. The van der Waals surface area contributed by atoms with Gasteiger partial charge in [0.05, 0.1) is 13.2 Å². The maximum Gasteiger partial charge on any atom is 0.188 e. The van der Waals surface area contributed by atoms with Gasteiger partial charge >= 0.3 is 0 Å². The summed E-state index contributed by atoms with van der Waals surface area (Å²) in [6, 6.07) is 0. The van der Waals surface area contributed by atoms with Gasteiger partial charge in [-0.1, -0.05) is 26.0 Å². The quantitative estimate of drug-likeness (QED) is 0.288. The van der Waals surface area contributed by atoms with Gasteiger partial charge in [0.25, 0.3) is 0 Å². The molecular weight excluding hydrogens is 190 g/mol. The van der Waals surface area contributed by atoms with E-state index in [0.29, 0.717) is 31.6 Å². The van der Waals surface area contributed by atoms with Crippen LogP contribution >= 0.6 is 0 Å². The van der Waals surface area contributed by atoms with Crippen molar-refractivity contribution in [1.82, 2.24) is 5.32 Å². The van der Waals surface area contributed by atoms with Crippen LogP contribution in [0.3, 0.4) is 0 Å². The summed E-state index contributed by atoms with van der Waals surface area (Å²) in [6.45, 7) is 12.5. The van der Waals surface area contributed by atoms with E-state index in [0.717, 1.165) is 12.1 Å². The van der Waals surface area contributed by atoms with E-state index in [9.17, 15) is 0 Å². The summed E-state index contributed by atoms with van der Waals surface area (Å²) >= 11 is 0. The van der Waals surface area contributed by atoms with Crippen LogP contribution in [-0.4, -0.2) is 32.3 Å². The van der Waals surface area contributed by atoms with Gasteiger partial charge in [-0.05, 0) is 12.8 Å². The molecule has 0 rings (SSSR count). The highest BCUT2D eigenvalue weighted by atomic mass is 16.5. The highest BCUT2D eigenvalue weighted by Gasteiger charge is 1.94. The predicted octanol–water partition coefficient (Wildman–Crippen LogP) is 1.14.